The molecular formula is C17H19FN4O. The summed E-state index contributed by atoms with van der Waals surface area (Å²) in [5, 5.41) is 0. The smallest absolute Gasteiger partial charge is 0.227 e. The van der Waals surface area contributed by atoms with Gasteiger partial charge in [0.2, 0.25) is 5.91 Å². The van der Waals surface area contributed by atoms with Crippen molar-refractivity contribution in [3.63, 3.8) is 0 Å². The maximum Gasteiger partial charge on any atom is 0.227 e. The highest BCUT2D eigenvalue weighted by Gasteiger charge is 2.22. The molecule has 0 saturated carbocycles. The summed E-state index contributed by atoms with van der Waals surface area (Å²) in [5.41, 5.74) is 6.72. The molecule has 3 rings (SSSR count). The molecule has 0 atom stereocenters. The quantitative estimate of drug-likeness (QED) is 0.936. The SMILES string of the molecule is Nc1ccc(N2CCN(C(=O)Cc3ccccc3F)CC2)nc1. The van der Waals surface area contributed by atoms with Crippen molar-refractivity contribution in [2.24, 2.45) is 0 Å². The van der Waals surface area contributed by atoms with Crippen LogP contribution in [0.1, 0.15) is 5.56 Å². The fourth-order valence-corrected chi connectivity index (χ4v) is 2.69. The van der Waals surface area contributed by atoms with Crippen LogP contribution in [-0.4, -0.2) is 42.0 Å². The van der Waals surface area contributed by atoms with Gasteiger partial charge in [-0.1, -0.05) is 18.2 Å². The average Bonchev–Trinajstić information content (AvgIpc) is 2.58. The number of amides is 1. The summed E-state index contributed by atoms with van der Waals surface area (Å²) < 4.78 is 13.6. The number of nitrogens with zero attached hydrogens (tertiary/aromatic N) is 3. The fourth-order valence-electron chi connectivity index (χ4n) is 2.69. The predicted molar refractivity (Wildman–Crippen MR) is 87.5 cm³/mol. The number of hydrogen-bond donors (Lipinski definition) is 1. The van der Waals surface area contributed by atoms with E-state index in [0.29, 0.717) is 37.4 Å². The van der Waals surface area contributed by atoms with E-state index >= 15 is 0 Å². The summed E-state index contributed by atoms with van der Waals surface area (Å²) in [6.07, 6.45) is 1.73. The van der Waals surface area contributed by atoms with Gasteiger partial charge in [-0.05, 0) is 23.8 Å². The van der Waals surface area contributed by atoms with Gasteiger partial charge in [0.05, 0.1) is 18.3 Å². The predicted octanol–water partition coefficient (Wildman–Crippen LogP) is 1.69. The molecule has 6 heteroatoms. The van der Waals surface area contributed by atoms with Crippen LogP contribution in [0, 0.1) is 5.82 Å². The van der Waals surface area contributed by atoms with Gasteiger partial charge in [0.1, 0.15) is 11.6 Å². The zero-order valence-corrected chi connectivity index (χ0v) is 12.8. The zero-order chi connectivity index (χ0) is 16.2. The lowest BCUT2D eigenvalue weighted by Gasteiger charge is -2.35. The number of nitrogens with two attached hydrogens (primary N) is 1. The molecule has 120 valence electrons. The third-order valence-electron chi connectivity index (χ3n) is 4.03. The number of halogens is 1. The van der Waals surface area contributed by atoms with Gasteiger partial charge in [0.25, 0.3) is 0 Å². The molecule has 2 heterocycles. The summed E-state index contributed by atoms with van der Waals surface area (Å²) in [7, 11) is 0. The molecule has 1 aromatic heterocycles. The molecule has 1 fully saturated rings. The summed E-state index contributed by atoms with van der Waals surface area (Å²) in [6, 6.07) is 10.1. The number of benzene rings is 1. The third kappa shape index (κ3) is 3.59. The van der Waals surface area contributed by atoms with E-state index in [4.69, 9.17) is 5.73 Å². The summed E-state index contributed by atoms with van der Waals surface area (Å²) in [6.45, 7) is 2.64. The van der Waals surface area contributed by atoms with Crippen LogP contribution in [-0.2, 0) is 11.2 Å². The Hall–Kier alpha value is -2.63. The number of piperazine rings is 1. The second-order valence-electron chi connectivity index (χ2n) is 5.59. The first kappa shape index (κ1) is 15.3. The van der Waals surface area contributed by atoms with Crippen molar-refractivity contribution >= 4 is 17.4 Å². The Kier molecular flexibility index (Phi) is 4.41. The highest BCUT2D eigenvalue weighted by molar-refractivity contribution is 5.79. The largest absolute Gasteiger partial charge is 0.397 e. The lowest BCUT2D eigenvalue weighted by atomic mass is 10.1. The minimum atomic E-state index is -0.328. The standard InChI is InChI=1S/C17H19FN4O/c18-15-4-2-1-3-13(15)11-17(23)22-9-7-21(8-10-22)16-6-5-14(19)12-20-16/h1-6,12H,7-11,19H2. The Morgan fingerprint density at radius 2 is 1.87 bits per heavy atom. The van der Waals surface area contributed by atoms with Crippen LogP contribution in [0.5, 0.6) is 0 Å². The van der Waals surface area contributed by atoms with E-state index in [0.717, 1.165) is 5.82 Å². The number of hydrogen-bond acceptors (Lipinski definition) is 4. The molecule has 1 aliphatic rings. The van der Waals surface area contributed by atoms with E-state index in [1.807, 2.05) is 12.1 Å². The van der Waals surface area contributed by atoms with Crippen LogP contribution in [0.3, 0.4) is 0 Å². The first-order chi connectivity index (χ1) is 11.1. The zero-order valence-electron chi connectivity index (χ0n) is 12.8. The number of nitrogen functional groups attached to an aromatic ring is 1. The average molecular weight is 314 g/mol. The van der Waals surface area contributed by atoms with Crippen LogP contribution in [0.15, 0.2) is 42.6 Å². The molecule has 23 heavy (non-hydrogen) atoms. The number of anilines is 2. The third-order valence-corrected chi connectivity index (χ3v) is 4.03. The Morgan fingerprint density at radius 3 is 2.52 bits per heavy atom. The van der Waals surface area contributed by atoms with E-state index in [2.05, 4.69) is 9.88 Å². The van der Waals surface area contributed by atoms with Gasteiger partial charge >= 0.3 is 0 Å². The Labute approximate surface area is 134 Å². The molecular weight excluding hydrogens is 295 g/mol. The molecule has 2 N–H and O–H groups in total. The fraction of sp³-hybridized carbons (Fsp3) is 0.294. The van der Waals surface area contributed by atoms with Crippen molar-refractivity contribution in [3.05, 3.63) is 54.0 Å². The molecule has 0 unspecified atom stereocenters. The van der Waals surface area contributed by atoms with Crippen molar-refractivity contribution in [2.45, 2.75) is 6.42 Å². The van der Waals surface area contributed by atoms with Crippen LogP contribution in [0.25, 0.3) is 0 Å². The van der Waals surface area contributed by atoms with E-state index in [1.54, 1.807) is 29.3 Å². The maximum absolute atomic E-state index is 13.6. The maximum atomic E-state index is 13.6. The number of pyridine rings is 1. The van der Waals surface area contributed by atoms with Crippen molar-refractivity contribution < 1.29 is 9.18 Å². The summed E-state index contributed by atoms with van der Waals surface area (Å²) >= 11 is 0. The topological polar surface area (TPSA) is 62.5 Å². The van der Waals surface area contributed by atoms with E-state index < -0.39 is 0 Å². The molecule has 1 aliphatic heterocycles. The normalized spacial score (nSPS) is 14.8. The van der Waals surface area contributed by atoms with Gasteiger partial charge in [-0.25, -0.2) is 9.37 Å². The molecule has 5 nitrogen and oxygen atoms in total. The first-order valence-electron chi connectivity index (χ1n) is 7.61. The van der Waals surface area contributed by atoms with Crippen LogP contribution < -0.4 is 10.6 Å². The first-order valence-corrected chi connectivity index (χ1v) is 7.61. The second kappa shape index (κ2) is 6.64. The molecule has 1 saturated heterocycles. The minimum absolute atomic E-state index is 0.0417. The highest BCUT2D eigenvalue weighted by Crippen LogP contribution is 2.16. The van der Waals surface area contributed by atoms with Gasteiger partial charge in [0.15, 0.2) is 0 Å². The van der Waals surface area contributed by atoms with Gasteiger partial charge in [0, 0.05) is 26.2 Å². The Bertz CT molecular complexity index is 681. The van der Waals surface area contributed by atoms with Crippen LogP contribution in [0.4, 0.5) is 15.9 Å². The molecule has 0 spiro atoms. The molecule has 0 radical (unpaired) electrons. The van der Waals surface area contributed by atoms with Gasteiger partial charge in [-0.2, -0.15) is 0 Å². The monoisotopic (exact) mass is 314 g/mol. The Morgan fingerprint density at radius 1 is 1.13 bits per heavy atom. The molecule has 1 amide bonds. The number of carbonyl (C=O) groups is 1. The molecule has 0 aliphatic carbocycles. The lowest BCUT2D eigenvalue weighted by Crippen LogP contribution is -2.49. The second-order valence-corrected chi connectivity index (χ2v) is 5.59. The number of carbonyl (C=O) groups excluding carboxylic acids is 1. The van der Waals surface area contributed by atoms with Gasteiger partial charge in [-0.3, -0.25) is 4.79 Å². The van der Waals surface area contributed by atoms with E-state index in [9.17, 15) is 9.18 Å². The molecule has 0 bridgehead atoms. The highest BCUT2D eigenvalue weighted by atomic mass is 19.1. The molecule has 2 aromatic rings. The van der Waals surface area contributed by atoms with Crippen molar-refractivity contribution in [1.82, 2.24) is 9.88 Å². The van der Waals surface area contributed by atoms with Crippen molar-refractivity contribution in [3.8, 4) is 0 Å². The van der Waals surface area contributed by atoms with Gasteiger partial charge in [-0.15, -0.1) is 0 Å². The number of rotatable bonds is 3. The van der Waals surface area contributed by atoms with Crippen molar-refractivity contribution in [1.29, 1.82) is 0 Å². The van der Waals surface area contributed by atoms with Gasteiger partial charge < -0.3 is 15.5 Å². The van der Waals surface area contributed by atoms with Crippen LogP contribution in [0.2, 0.25) is 0 Å². The number of aromatic nitrogens is 1. The van der Waals surface area contributed by atoms with Crippen molar-refractivity contribution in [2.75, 3.05) is 36.8 Å². The van der Waals surface area contributed by atoms with E-state index in [-0.39, 0.29) is 18.1 Å². The lowest BCUT2D eigenvalue weighted by molar-refractivity contribution is -0.130. The Balaban J connectivity index is 1.57. The summed E-state index contributed by atoms with van der Waals surface area (Å²) in [4.78, 5) is 20.5. The van der Waals surface area contributed by atoms with E-state index in [1.165, 1.54) is 6.07 Å². The summed E-state index contributed by atoms with van der Waals surface area (Å²) in [5.74, 6) is 0.492. The molecule has 1 aromatic carbocycles. The minimum Gasteiger partial charge on any atom is -0.397 e. The van der Waals surface area contributed by atoms with Crippen LogP contribution >= 0.6 is 0 Å².